The quantitative estimate of drug-likeness (QED) is 0.810. The topological polar surface area (TPSA) is 63.9 Å². The fourth-order valence-corrected chi connectivity index (χ4v) is 3.17. The van der Waals surface area contributed by atoms with Gasteiger partial charge in [-0.1, -0.05) is 6.07 Å². The van der Waals surface area contributed by atoms with Gasteiger partial charge < -0.3 is 19.2 Å². The van der Waals surface area contributed by atoms with Crippen molar-refractivity contribution in [1.82, 2.24) is 10.2 Å². The van der Waals surface area contributed by atoms with E-state index in [9.17, 15) is 4.79 Å². The molecular formula is C21H28N2O4. The highest BCUT2D eigenvalue weighted by Gasteiger charge is 2.26. The smallest absolute Gasteiger partial charge is 0.260 e. The van der Waals surface area contributed by atoms with Gasteiger partial charge in [0, 0.05) is 19.6 Å². The van der Waals surface area contributed by atoms with Crippen LogP contribution in [0.2, 0.25) is 0 Å². The van der Waals surface area contributed by atoms with Gasteiger partial charge in [0.15, 0.2) is 6.10 Å². The SMILES string of the molecule is Cc1ccc(O[C@@H](C)C(=O)NC[C@@H](c2ccco2)N2CCOCC2)cc1C. The predicted octanol–water partition coefficient (Wildman–Crippen LogP) is 2.85. The van der Waals surface area contributed by atoms with E-state index in [1.54, 1.807) is 13.2 Å². The standard InChI is InChI=1S/C21H28N2O4/c1-15-6-7-18(13-16(15)2)27-17(3)21(24)22-14-19(20-5-4-10-26-20)23-8-11-25-12-9-23/h4-7,10,13,17,19H,8-9,11-12,14H2,1-3H3,(H,22,24)/t17-,19-/m0/s1. The Kier molecular flexibility index (Phi) is 6.53. The third-order valence-electron chi connectivity index (χ3n) is 4.99. The minimum Gasteiger partial charge on any atom is -0.481 e. The van der Waals surface area contributed by atoms with Crippen LogP contribution in [-0.2, 0) is 9.53 Å². The number of hydrogen-bond donors (Lipinski definition) is 1. The van der Waals surface area contributed by atoms with E-state index in [4.69, 9.17) is 13.9 Å². The van der Waals surface area contributed by atoms with Gasteiger partial charge in [0.05, 0.1) is 25.5 Å². The molecule has 146 valence electrons. The Hall–Kier alpha value is -2.31. The molecule has 0 aliphatic carbocycles. The van der Waals surface area contributed by atoms with Crippen LogP contribution >= 0.6 is 0 Å². The number of nitrogens with zero attached hydrogens (tertiary/aromatic N) is 1. The van der Waals surface area contributed by atoms with Gasteiger partial charge in [-0.3, -0.25) is 9.69 Å². The van der Waals surface area contributed by atoms with Crippen molar-refractivity contribution in [1.29, 1.82) is 0 Å². The molecule has 1 aliphatic heterocycles. The Bertz CT molecular complexity index is 739. The van der Waals surface area contributed by atoms with Gasteiger partial charge in [-0.05, 0) is 56.2 Å². The molecule has 1 aromatic heterocycles. The summed E-state index contributed by atoms with van der Waals surface area (Å²) in [6.45, 7) is 9.33. The monoisotopic (exact) mass is 372 g/mol. The van der Waals surface area contributed by atoms with Crippen molar-refractivity contribution < 1.29 is 18.7 Å². The van der Waals surface area contributed by atoms with Crippen LogP contribution in [-0.4, -0.2) is 49.8 Å². The van der Waals surface area contributed by atoms with E-state index in [0.29, 0.717) is 25.5 Å². The first kappa shape index (κ1) is 19.5. The third-order valence-corrected chi connectivity index (χ3v) is 4.99. The molecule has 1 aromatic carbocycles. The van der Waals surface area contributed by atoms with Gasteiger partial charge in [-0.15, -0.1) is 0 Å². The van der Waals surface area contributed by atoms with Crippen molar-refractivity contribution in [2.24, 2.45) is 0 Å². The van der Waals surface area contributed by atoms with Crippen molar-refractivity contribution in [2.45, 2.75) is 32.9 Å². The second kappa shape index (κ2) is 9.06. The summed E-state index contributed by atoms with van der Waals surface area (Å²) in [5.41, 5.74) is 2.34. The summed E-state index contributed by atoms with van der Waals surface area (Å²) in [7, 11) is 0. The molecule has 1 aliphatic rings. The number of amides is 1. The fraction of sp³-hybridized carbons (Fsp3) is 0.476. The number of carbonyl (C=O) groups is 1. The Labute approximate surface area is 160 Å². The van der Waals surface area contributed by atoms with Gasteiger partial charge in [-0.25, -0.2) is 0 Å². The lowest BCUT2D eigenvalue weighted by molar-refractivity contribution is -0.127. The van der Waals surface area contributed by atoms with E-state index in [2.05, 4.69) is 17.1 Å². The second-order valence-electron chi connectivity index (χ2n) is 6.93. The van der Waals surface area contributed by atoms with E-state index in [1.807, 2.05) is 37.3 Å². The first-order valence-electron chi connectivity index (χ1n) is 9.41. The lowest BCUT2D eigenvalue weighted by Gasteiger charge is -2.33. The highest BCUT2D eigenvalue weighted by Crippen LogP contribution is 2.22. The molecule has 1 amide bonds. The number of benzene rings is 1. The molecule has 2 atom stereocenters. The van der Waals surface area contributed by atoms with Crippen LogP contribution in [0.3, 0.4) is 0 Å². The van der Waals surface area contributed by atoms with Crippen LogP contribution in [0.25, 0.3) is 0 Å². The van der Waals surface area contributed by atoms with Crippen LogP contribution in [0.15, 0.2) is 41.0 Å². The molecule has 1 fully saturated rings. The molecule has 1 saturated heterocycles. The number of furan rings is 1. The summed E-state index contributed by atoms with van der Waals surface area (Å²) in [6, 6.07) is 9.66. The minimum atomic E-state index is -0.575. The molecular weight excluding hydrogens is 344 g/mol. The Morgan fingerprint density at radius 1 is 1.22 bits per heavy atom. The van der Waals surface area contributed by atoms with Gasteiger partial charge in [0.25, 0.3) is 5.91 Å². The summed E-state index contributed by atoms with van der Waals surface area (Å²) in [6.07, 6.45) is 1.09. The molecule has 1 N–H and O–H groups in total. The average Bonchev–Trinajstić information content (AvgIpc) is 3.20. The highest BCUT2D eigenvalue weighted by atomic mass is 16.5. The normalized spacial score (nSPS) is 17.3. The summed E-state index contributed by atoms with van der Waals surface area (Å²) >= 11 is 0. The Morgan fingerprint density at radius 2 is 2.00 bits per heavy atom. The second-order valence-corrected chi connectivity index (χ2v) is 6.93. The number of aryl methyl sites for hydroxylation is 2. The fourth-order valence-electron chi connectivity index (χ4n) is 3.17. The van der Waals surface area contributed by atoms with Crippen LogP contribution in [0.4, 0.5) is 0 Å². The first-order chi connectivity index (χ1) is 13.0. The summed E-state index contributed by atoms with van der Waals surface area (Å²) in [4.78, 5) is 14.8. The molecule has 2 aromatic rings. The lowest BCUT2D eigenvalue weighted by Crippen LogP contribution is -2.45. The van der Waals surface area contributed by atoms with E-state index in [-0.39, 0.29) is 11.9 Å². The Balaban J connectivity index is 1.58. The Morgan fingerprint density at radius 3 is 2.67 bits per heavy atom. The molecule has 0 bridgehead atoms. The number of hydrogen-bond acceptors (Lipinski definition) is 5. The first-order valence-corrected chi connectivity index (χ1v) is 9.41. The highest BCUT2D eigenvalue weighted by molar-refractivity contribution is 5.80. The van der Waals surface area contributed by atoms with Crippen LogP contribution in [0.5, 0.6) is 5.75 Å². The maximum absolute atomic E-state index is 12.5. The maximum atomic E-state index is 12.5. The predicted molar refractivity (Wildman–Crippen MR) is 103 cm³/mol. The number of nitrogens with one attached hydrogen (secondary N) is 1. The number of ether oxygens (including phenoxy) is 2. The molecule has 6 nitrogen and oxygen atoms in total. The lowest BCUT2D eigenvalue weighted by atomic mass is 10.1. The summed E-state index contributed by atoms with van der Waals surface area (Å²) in [5, 5.41) is 3.01. The third kappa shape index (κ3) is 5.11. The number of morpholine rings is 1. The van der Waals surface area contributed by atoms with Gasteiger partial charge in [-0.2, -0.15) is 0 Å². The van der Waals surface area contributed by atoms with Gasteiger partial charge in [0.2, 0.25) is 0 Å². The van der Waals surface area contributed by atoms with Crippen molar-refractivity contribution in [2.75, 3.05) is 32.8 Å². The zero-order valence-corrected chi connectivity index (χ0v) is 16.2. The number of rotatable bonds is 7. The molecule has 2 heterocycles. The van der Waals surface area contributed by atoms with Crippen LogP contribution < -0.4 is 10.1 Å². The van der Waals surface area contributed by atoms with Gasteiger partial charge >= 0.3 is 0 Å². The van der Waals surface area contributed by atoms with Crippen molar-refractivity contribution in [3.8, 4) is 5.75 Å². The summed E-state index contributed by atoms with van der Waals surface area (Å²) in [5.74, 6) is 1.41. The molecule has 6 heteroatoms. The van der Waals surface area contributed by atoms with Gasteiger partial charge in [0.1, 0.15) is 11.5 Å². The average molecular weight is 372 g/mol. The molecule has 0 spiro atoms. The largest absolute Gasteiger partial charge is 0.481 e. The molecule has 0 saturated carbocycles. The number of carbonyl (C=O) groups excluding carboxylic acids is 1. The molecule has 0 unspecified atom stereocenters. The van der Waals surface area contributed by atoms with Crippen molar-refractivity contribution in [3.63, 3.8) is 0 Å². The minimum absolute atomic E-state index is 0.0123. The van der Waals surface area contributed by atoms with E-state index >= 15 is 0 Å². The molecule has 0 radical (unpaired) electrons. The zero-order valence-electron chi connectivity index (χ0n) is 16.2. The van der Waals surface area contributed by atoms with Crippen molar-refractivity contribution >= 4 is 5.91 Å². The van der Waals surface area contributed by atoms with E-state index in [0.717, 1.165) is 24.4 Å². The van der Waals surface area contributed by atoms with E-state index < -0.39 is 6.10 Å². The molecule has 3 rings (SSSR count). The van der Waals surface area contributed by atoms with Crippen LogP contribution in [0.1, 0.15) is 29.9 Å². The van der Waals surface area contributed by atoms with Crippen molar-refractivity contribution in [3.05, 3.63) is 53.5 Å². The summed E-state index contributed by atoms with van der Waals surface area (Å²) < 4.78 is 16.8. The van der Waals surface area contributed by atoms with E-state index in [1.165, 1.54) is 5.56 Å². The molecule has 27 heavy (non-hydrogen) atoms. The maximum Gasteiger partial charge on any atom is 0.260 e. The zero-order chi connectivity index (χ0) is 19.2. The van der Waals surface area contributed by atoms with Crippen LogP contribution in [0, 0.1) is 13.8 Å².